The van der Waals surface area contributed by atoms with Gasteiger partial charge in [0.15, 0.2) is 0 Å². The van der Waals surface area contributed by atoms with E-state index in [1.165, 1.54) is 0 Å². The molecule has 21 heavy (non-hydrogen) atoms. The molecule has 0 spiro atoms. The van der Waals surface area contributed by atoms with Gasteiger partial charge in [-0.2, -0.15) is 0 Å². The lowest BCUT2D eigenvalue weighted by Gasteiger charge is -2.19. The van der Waals surface area contributed by atoms with Crippen LogP contribution in [0.4, 0.5) is 4.79 Å². The van der Waals surface area contributed by atoms with Crippen molar-refractivity contribution in [3.05, 3.63) is 0 Å². The fourth-order valence-corrected chi connectivity index (χ4v) is 1.17. The van der Waals surface area contributed by atoms with Crippen molar-refractivity contribution < 1.29 is 19.1 Å². The minimum absolute atomic E-state index is 0.0800. The fourth-order valence-electron chi connectivity index (χ4n) is 1.17. The van der Waals surface area contributed by atoms with Crippen LogP contribution in [0.1, 0.15) is 41.5 Å². The van der Waals surface area contributed by atoms with E-state index in [0.29, 0.717) is 13.1 Å². The van der Waals surface area contributed by atoms with E-state index in [2.05, 4.69) is 16.0 Å². The first-order valence-electron chi connectivity index (χ1n) is 6.93. The minimum Gasteiger partial charge on any atom is -0.444 e. The maximum Gasteiger partial charge on any atom is 0.408 e. The fraction of sp³-hybridized carbons (Fsp3) is 0.786. The summed E-state index contributed by atoms with van der Waals surface area (Å²) in [6, 6.07) is 0. The Labute approximate surface area is 126 Å². The molecule has 0 heterocycles. The van der Waals surface area contributed by atoms with E-state index in [9.17, 15) is 14.4 Å². The normalized spacial score (nSPS) is 11.5. The lowest BCUT2D eigenvalue weighted by atomic mass is 9.96. The quantitative estimate of drug-likeness (QED) is 0.654. The summed E-state index contributed by atoms with van der Waals surface area (Å²) in [4.78, 5) is 34.3. The van der Waals surface area contributed by atoms with Gasteiger partial charge in [0.25, 0.3) is 0 Å². The standard InChI is InChI=1S/C14H27N3O4/c1-13(2,3)11(19)16-8-7-15-10(18)9-17-12(20)21-14(4,5)6/h7-9H2,1-6H3,(H,15,18)(H,16,19)(H,17,20). The summed E-state index contributed by atoms with van der Waals surface area (Å²) in [5, 5.41) is 7.64. The number of amides is 3. The van der Waals surface area contributed by atoms with Crippen LogP contribution in [0.2, 0.25) is 0 Å². The molecule has 0 unspecified atom stereocenters. The first-order chi connectivity index (χ1) is 9.42. The maximum absolute atomic E-state index is 11.6. The van der Waals surface area contributed by atoms with Crippen LogP contribution >= 0.6 is 0 Å². The van der Waals surface area contributed by atoms with Gasteiger partial charge in [0.1, 0.15) is 5.60 Å². The first-order valence-corrected chi connectivity index (χ1v) is 6.93. The van der Waals surface area contributed by atoms with Crippen LogP contribution in [0.5, 0.6) is 0 Å². The Morgan fingerprint density at radius 2 is 1.38 bits per heavy atom. The third-order valence-electron chi connectivity index (χ3n) is 2.21. The number of carbonyl (C=O) groups excluding carboxylic acids is 3. The highest BCUT2D eigenvalue weighted by Crippen LogP contribution is 2.11. The van der Waals surface area contributed by atoms with Gasteiger partial charge >= 0.3 is 6.09 Å². The molecule has 7 nitrogen and oxygen atoms in total. The third kappa shape index (κ3) is 10.6. The second-order valence-electron chi connectivity index (χ2n) is 6.71. The SMILES string of the molecule is CC(C)(C)OC(=O)NCC(=O)NCCNC(=O)C(C)(C)C. The molecular weight excluding hydrogens is 274 g/mol. The van der Waals surface area contributed by atoms with Crippen LogP contribution in [-0.2, 0) is 14.3 Å². The summed E-state index contributed by atoms with van der Waals surface area (Å²) in [5.41, 5.74) is -1.06. The van der Waals surface area contributed by atoms with Crippen molar-refractivity contribution in [2.75, 3.05) is 19.6 Å². The maximum atomic E-state index is 11.6. The number of alkyl carbamates (subject to hydrolysis) is 1. The molecule has 0 fully saturated rings. The predicted octanol–water partition coefficient (Wildman–Crippen LogP) is 0.790. The van der Waals surface area contributed by atoms with E-state index in [1.807, 2.05) is 20.8 Å². The summed E-state index contributed by atoms with van der Waals surface area (Å²) >= 11 is 0. The molecule has 0 aliphatic rings. The van der Waals surface area contributed by atoms with Crippen LogP contribution in [-0.4, -0.2) is 43.1 Å². The van der Waals surface area contributed by atoms with Crippen molar-refractivity contribution in [1.82, 2.24) is 16.0 Å². The molecule has 0 saturated heterocycles. The van der Waals surface area contributed by atoms with Crippen LogP contribution < -0.4 is 16.0 Å². The lowest BCUT2D eigenvalue weighted by Crippen LogP contribution is -2.43. The summed E-state index contributed by atoms with van der Waals surface area (Å²) in [6.07, 6.45) is -0.640. The van der Waals surface area contributed by atoms with Crippen LogP contribution in [0.3, 0.4) is 0 Å². The number of ether oxygens (including phenoxy) is 1. The van der Waals surface area contributed by atoms with Crippen molar-refractivity contribution in [2.24, 2.45) is 5.41 Å². The molecule has 0 aromatic heterocycles. The average molecular weight is 301 g/mol. The highest BCUT2D eigenvalue weighted by molar-refractivity contribution is 5.82. The van der Waals surface area contributed by atoms with Crippen LogP contribution in [0, 0.1) is 5.41 Å². The average Bonchev–Trinajstić information content (AvgIpc) is 2.28. The van der Waals surface area contributed by atoms with Crippen molar-refractivity contribution in [3.8, 4) is 0 Å². The zero-order valence-electron chi connectivity index (χ0n) is 13.8. The van der Waals surface area contributed by atoms with Crippen molar-refractivity contribution in [2.45, 2.75) is 47.1 Å². The largest absolute Gasteiger partial charge is 0.444 e. The number of carbonyl (C=O) groups is 3. The molecule has 3 amide bonds. The van der Waals surface area contributed by atoms with E-state index in [1.54, 1.807) is 20.8 Å². The predicted molar refractivity (Wildman–Crippen MR) is 79.7 cm³/mol. The summed E-state index contributed by atoms with van der Waals surface area (Å²) < 4.78 is 5.00. The Morgan fingerprint density at radius 3 is 1.86 bits per heavy atom. The second kappa shape index (κ2) is 7.85. The van der Waals surface area contributed by atoms with Gasteiger partial charge in [-0.25, -0.2) is 4.79 Å². The molecule has 3 N–H and O–H groups in total. The van der Waals surface area contributed by atoms with E-state index >= 15 is 0 Å². The smallest absolute Gasteiger partial charge is 0.408 e. The minimum atomic E-state index is -0.640. The Bertz CT molecular complexity index is 381. The summed E-state index contributed by atoms with van der Waals surface area (Å²) in [5.74, 6) is -0.422. The Hall–Kier alpha value is -1.79. The highest BCUT2D eigenvalue weighted by Gasteiger charge is 2.20. The zero-order chi connectivity index (χ0) is 16.7. The lowest BCUT2D eigenvalue weighted by molar-refractivity contribution is -0.128. The molecule has 7 heteroatoms. The van der Waals surface area contributed by atoms with E-state index in [0.717, 1.165) is 0 Å². The van der Waals surface area contributed by atoms with Crippen LogP contribution in [0.25, 0.3) is 0 Å². The molecule has 0 saturated carbocycles. The summed E-state index contributed by atoms with van der Waals surface area (Å²) in [7, 11) is 0. The number of hydrogen-bond donors (Lipinski definition) is 3. The Morgan fingerprint density at radius 1 is 0.857 bits per heavy atom. The molecule has 0 bridgehead atoms. The first kappa shape index (κ1) is 19.2. The van der Waals surface area contributed by atoms with E-state index in [4.69, 9.17) is 4.74 Å². The highest BCUT2D eigenvalue weighted by atomic mass is 16.6. The van der Waals surface area contributed by atoms with E-state index in [-0.39, 0.29) is 18.4 Å². The number of nitrogens with one attached hydrogen (secondary N) is 3. The molecule has 0 aromatic carbocycles. The topological polar surface area (TPSA) is 96.5 Å². The molecule has 0 aliphatic carbocycles. The van der Waals surface area contributed by atoms with Crippen molar-refractivity contribution in [3.63, 3.8) is 0 Å². The van der Waals surface area contributed by atoms with Gasteiger partial charge in [-0.15, -0.1) is 0 Å². The molecule has 0 aromatic rings. The van der Waals surface area contributed by atoms with Gasteiger partial charge in [-0.05, 0) is 20.8 Å². The van der Waals surface area contributed by atoms with Gasteiger partial charge in [0, 0.05) is 18.5 Å². The van der Waals surface area contributed by atoms with Gasteiger partial charge in [0.05, 0.1) is 6.54 Å². The summed E-state index contributed by atoms with van der Waals surface area (Å²) in [6.45, 7) is 11.1. The van der Waals surface area contributed by atoms with Gasteiger partial charge in [0.2, 0.25) is 11.8 Å². The molecule has 0 aliphatic heterocycles. The number of rotatable bonds is 5. The molecule has 122 valence electrons. The third-order valence-corrected chi connectivity index (χ3v) is 2.21. The Kier molecular flexibility index (Phi) is 7.18. The van der Waals surface area contributed by atoms with Gasteiger partial charge in [-0.1, -0.05) is 20.8 Å². The van der Waals surface area contributed by atoms with Crippen LogP contribution in [0.15, 0.2) is 0 Å². The van der Waals surface area contributed by atoms with Gasteiger partial charge in [-0.3, -0.25) is 9.59 Å². The van der Waals surface area contributed by atoms with E-state index < -0.39 is 17.1 Å². The van der Waals surface area contributed by atoms with Crippen molar-refractivity contribution >= 4 is 17.9 Å². The Balaban J connectivity index is 3.78. The molecule has 0 rings (SSSR count). The number of hydrogen-bond acceptors (Lipinski definition) is 4. The second-order valence-corrected chi connectivity index (χ2v) is 6.71. The zero-order valence-corrected chi connectivity index (χ0v) is 13.8. The monoisotopic (exact) mass is 301 g/mol. The van der Waals surface area contributed by atoms with Gasteiger partial charge < -0.3 is 20.7 Å². The molecule has 0 radical (unpaired) electrons. The molecule has 0 atom stereocenters. The molecular formula is C14H27N3O4. The van der Waals surface area contributed by atoms with Crippen molar-refractivity contribution in [1.29, 1.82) is 0 Å².